The molecule has 0 radical (unpaired) electrons. The van der Waals surface area contributed by atoms with E-state index in [9.17, 15) is 4.79 Å². The average Bonchev–Trinajstić information content (AvgIpc) is 2.26. The van der Waals surface area contributed by atoms with Gasteiger partial charge in [-0.15, -0.1) is 0 Å². The second-order valence-corrected chi connectivity index (χ2v) is 4.60. The molecule has 0 unspecified atom stereocenters. The summed E-state index contributed by atoms with van der Waals surface area (Å²) in [6.45, 7) is 4.44. The van der Waals surface area contributed by atoms with Gasteiger partial charge in [-0.3, -0.25) is 4.98 Å². The lowest BCUT2D eigenvalue weighted by molar-refractivity contribution is 0.0525. The fraction of sp³-hybridized carbons (Fsp3) is 0.538. The topological polar surface area (TPSA) is 39.2 Å². The standard InChI is InChI=1S/C13H17NO2/c1-3-16-12(15)10-7-11(9-14-8-10)13(2)5-4-6-13/h7-9H,3-6H2,1-2H3. The van der Waals surface area contributed by atoms with Gasteiger partial charge in [0.05, 0.1) is 12.2 Å². The largest absolute Gasteiger partial charge is 0.462 e. The molecule has 1 aromatic heterocycles. The highest BCUT2D eigenvalue weighted by molar-refractivity contribution is 5.89. The molecule has 0 aromatic carbocycles. The molecule has 3 nitrogen and oxygen atoms in total. The van der Waals surface area contributed by atoms with E-state index >= 15 is 0 Å². The van der Waals surface area contributed by atoms with Crippen molar-refractivity contribution in [3.05, 3.63) is 29.6 Å². The Labute approximate surface area is 95.8 Å². The predicted molar refractivity (Wildman–Crippen MR) is 61.4 cm³/mol. The molecule has 1 aliphatic carbocycles. The van der Waals surface area contributed by atoms with Gasteiger partial charge in [0.1, 0.15) is 0 Å². The van der Waals surface area contributed by atoms with Crippen LogP contribution in [0.3, 0.4) is 0 Å². The third-order valence-corrected chi connectivity index (χ3v) is 3.40. The maximum Gasteiger partial charge on any atom is 0.339 e. The van der Waals surface area contributed by atoms with Crippen molar-refractivity contribution in [2.45, 2.75) is 38.5 Å². The predicted octanol–water partition coefficient (Wildman–Crippen LogP) is 2.70. The highest BCUT2D eigenvalue weighted by Crippen LogP contribution is 2.42. The first-order chi connectivity index (χ1) is 7.65. The summed E-state index contributed by atoms with van der Waals surface area (Å²) < 4.78 is 4.97. The maximum absolute atomic E-state index is 11.6. The molecule has 3 heteroatoms. The lowest BCUT2D eigenvalue weighted by Gasteiger charge is -2.38. The zero-order valence-electron chi connectivity index (χ0n) is 9.82. The fourth-order valence-corrected chi connectivity index (χ4v) is 2.09. The van der Waals surface area contributed by atoms with Crippen LogP contribution in [0.15, 0.2) is 18.5 Å². The second kappa shape index (κ2) is 4.24. The van der Waals surface area contributed by atoms with Crippen molar-refractivity contribution in [3.8, 4) is 0 Å². The Morgan fingerprint density at radius 3 is 2.81 bits per heavy atom. The highest BCUT2D eigenvalue weighted by Gasteiger charge is 2.34. The summed E-state index contributed by atoms with van der Waals surface area (Å²) in [6, 6.07) is 1.92. The van der Waals surface area contributed by atoms with Crippen LogP contribution in [0, 0.1) is 0 Å². The Balaban J connectivity index is 2.22. The maximum atomic E-state index is 11.6. The first kappa shape index (κ1) is 11.1. The van der Waals surface area contributed by atoms with Crippen LogP contribution in [0.2, 0.25) is 0 Å². The minimum atomic E-state index is -0.278. The fourth-order valence-electron chi connectivity index (χ4n) is 2.09. The molecule has 0 N–H and O–H groups in total. The molecule has 1 saturated carbocycles. The van der Waals surface area contributed by atoms with Gasteiger partial charge < -0.3 is 4.74 Å². The number of carbonyl (C=O) groups is 1. The van der Waals surface area contributed by atoms with Crippen LogP contribution in [0.1, 0.15) is 49.0 Å². The van der Waals surface area contributed by atoms with Crippen LogP contribution in [0.4, 0.5) is 0 Å². The smallest absolute Gasteiger partial charge is 0.339 e. The second-order valence-electron chi connectivity index (χ2n) is 4.60. The first-order valence-electron chi connectivity index (χ1n) is 5.78. The van der Waals surface area contributed by atoms with Gasteiger partial charge in [-0.2, -0.15) is 0 Å². The molecule has 0 atom stereocenters. The Hall–Kier alpha value is -1.38. The molecule has 86 valence electrons. The van der Waals surface area contributed by atoms with E-state index in [0.29, 0.717) is 12.2 Å². The SMILES string of the molecule is CCOC(=O)c1cncc(C2(C)CCC2)c1. The van der Waals surface area contributed by atoms with Crippen molar-refractivity contribution in [3.63, 3.8) is 0 Å². The lowest BCUT2D eigenvalue weighted by atomic mass is 9.66. The number of esters is 1. The minimum absolute atomic E-state index is 0.218. The Kier molecular flexibility index (Phi) is 2.95. The summed E-state index contributed by atoms with van der Waals surface area (Å²) in [5, 5.41) is 0. The highest BCUT2D eigenvalue weighted by atomic mass is 16.5. The molecule has 1 aromatic rings. The third kappa shape index (κ3) is 1.94. The monoisotopic (exact) mass is 219 g/mol. The minimum Gasteiger partial charge on any atom is -0.462 e. The molecule has 1 aliphatic rings. The number of hydrogen-bond acceptors (Lipinski definition) is 3. The zero-order chi connectivity index (χ0) is 11.6. The van der Waals surface area contributed by atoms with Crippen LogP contribution >= 0.6 is 0 Å². The van der Waals surface area contributed by atoms with E-state index in [0.717, 1.165) is 5.56 Å². The molecule has 1 heterocycles. The van der Waals surface area contributed by atoms with Crippen LogP contribution in [0.25, 0.3) is 0 Å². The van der Waals surface area contributed by atoms with Crippen molar-refractivity contribution in [2.75, 3.05) is 6.61 Å². The number of carbonyl (C=O) groups excluding carboxylic acids is 1. The molecule has 0 spiro atoms. The van der Waals surface area contributed by atoms with E-state index in [2.05, 4.69) is 11.9 Å². The Morgan fingerprint density at radius 2 is 2.25 bits per heavy atom. The number of nitrogens with zero attached hydrogens (tertiary/aromatic N) is 1. The van der Waals surface area contributed by atoms with E-state index in [4.69, 9.17) is 4.74 Å². The summed E-state index contributed by atoms with van der Waals surface area (Å²) in [5.74, 6) is -0.278. The molecule has 16 heavy (non-hydrogen) atoms. The molecule has 0 saturated heterocycles. The van der Waals surface area contributed by atoms with Crippen LogP contribution in [-0.4, -0.2) is 17.6 Å². The van der Waals surface area contributed by atoms with Gasteiger partial charge in [-0.05, 0) is 36.8 Å². The van der Waals surface area contributed by atoms with Gasteiger partial charge in [-0.25, -0.2) is 4.79 Å². The van der Waals surface area contributed by atoms with Crippen molar-refractivity contribution in [1.82, 2.24) is 4.98 Å². The van der Waals surface area contributed by atoms with Crippen molar-refractivity contribution in [2.24, 2.45) is 0 Å². The summed E-state index contributed by atoms with van der Waals surface area (Å²) in [6.07, 6.45) is 7.06. The van der Waals surface area contributed by atoms with E-state index in [1.165, 1.54) is 19.3 Å². The number of ether oxygens (including phenoxy) is 1. The van der Waals surface area contributed by atoms with E-state index in [1.54, 1.807) is 6.20 Å². The van der Waals surface area contributed by atoms with Gasteiger partial charge >= 0.3 is 5.97 Å². The zero-order valence-corrected chi connectivity index (χ0v) is 9.82. The van der Waals surface area contributed by atoms with Gasteiger partial charge in [0, 0.05) is 12.4 Å². The lowest BCUT2D eigenvalue weighted by Crippen LogP contribution is -2.30. The Bertz CT molecular complexity index is 397. The number of hydrogen-bond donors (Lipinski definition) is 0. The van der Waals surface area contributed by atoms with Crippen LogP contribution in [-0.2, 0) is 10.2 Å². The number of aromatic nitrogens is 1. The average molecular weight is 219 g/mol. The quantitative estimate of drug-likeness (QED) is 0.734. The van der Waals surface area contributed by atoms with Gasteiger partial charge in [-0.1, -0.05) is 13.3 Å². The summed E-state index contributed by atoms with van der Waals surface area (Å²) in [5.41, 5.74) is 1.94. The van der Waals surface area contributed by atoms with Gasteiger partial charge in [0.2, 0.25) is 0 Å². The Morgan fingerprint density at radius 1 is 1.50 bits per heavy atom. The molecular weight excluding hydrogens is 202 g/mol. The molecule has 0 bridgehead atoms. The molecule has 0 amide bonds. The van der Waals surface area contributed by atoms with E-state index in [-0.39, 0.29) is 11.4 Å². The van der Waals surface area contributed by atoms with Gasteiger partial charge in [0.25, 0.3) is 0 Å². The van der Waals surface area contributed by atoms with Gasteiger partial charge in [0.15, 0.2) is 0 Å². The molecular formula is C13H17NO2. The van der Waals surface area contributed by atoms with Crippen LogP contribution in [0.5, 0.6) is 0 Å². The first-order valence-corrected chi connectivity index (χ1v) is 5.78. The van der Waals surface area contributed by atoms with Crippen molar-refractivity contribution in [1.29, 1.82) is 0 Å². The van der Waals surface area contributed by atoms with Crippen LogP contribution < -0.4 is 0 Å². The summed E-state index contributed by atoms with van der Waals surface area (Å²) in [7, 11) is 0. The molecule has 1 fully saturated rings. The normalized spacial score (nSPS) is 17.6. The molecule has 2 rings (SSSR count). The summed E-state index contributed by atoms with van der Waals surface area (Å²) in [4.78, 5) is 15.7. The summed E-state index contributed by atoms with van der Waals surface area (Å²) >= 11 is 0. The van der Waals surface area contributed by atoms with E-state index in [1.807, 2.05) is 19.2 Å². The third-order valence-electron chi connectivity index (χ3n) is 3.40. The van der Waals surface area contributed by atoms with Crippen molar-refractivity contribution < 1.29 is 9.53 Å². The molecule has 0 aliphatic heterocycles. The van der Waals surface area contributed by atoms with Crippen molar-refractivity contribution >= 4 is 5.97 Å². The van der Waals surface area contributed by atoms with E-state index < -0.39 is 0 Å². The number of rotatable bonds is 3. The number of pyridine rings is 1.